The van der Waals surface area contributed by atoms with Crippen molar-refractivity contribution < 1.29 is 18.3 Å². The topological polar surface area (TPSA) is 35.5 Å². The molecule has 1 aliphatic heterocycles. The number of rotatable bonds is 2. The fourth-order valence-corrected chi connectivity index (χ4v) is 3.71. The number of nitrogens with one attached hydrogen (secondary N) is 1. The van der Waals surface area contributed by atoms with Crippen molar-refractivity contribution in [1.82, 2.24) is 4.90 Å². The molecule has 0 amide bonds. The summed E-state index contributed by atoms with van der Waals surface area (Å²) in [5.41, 5.74) is 1.40. The van der Waals surface area contributed by atoms with E-state index in [1.54, 1.807) is 6.07 Å². The first kappa shape index (κ1) is 20.6. The number of piperidine rings is 1. The van der Waals surface area contributed by atoms with Crippen LogP contribution < -0.4 is 5.32 Å². The van der Waals surface area contributed by atoms with Gasteiger partial charge in [-0.1, -0.05) is 24.3 Å². The van der Waals surface area contributed by atoms with Crippen LogP contribution in [0.2, 0.25) is 0 Å². The monoisotopic (exact) mass is 408 g/mol. The van der Waals surface area contributed by atoms with Crippen molar-refractivity contribution in [3.05, 3.63) is 64.7 Å². The molecule has 0 bridgehead atoms. The maximum atomic E-state index is 13.0. The molecule has 3 rings (SSSR count). The van der Waals surface area contributed by atoms with Crippen molar-refractivity contribution in [1.29, 1.82) is 0 Å². The number of anilines is 1. The predicted molar refractivity (Wildman–Crippen MR) is 108 cm³/mol. The Morgan fingerprint density at radius 2 is 1.79 bits per heavy atom. The number of aliphatic hydroxyl groups is 1. The first-order valence-corrected chi connectivity index (χ1v) is 9.53. The van der Waals surface area contributed by atoms with E-state index in [2.05, 4.69) is 5.32 Å². The van der Waals surface area contributed by atoms with E-state index >= 15 is 0 Å². The van der Waals surface area contributed by atoms with Gasteiger partial charge in [-0.2, -0.15) is 13.2 Å². The first-order chi connectivity index (χ1) is 13.1. The van der Waals surface area contributed by atoms with Gasteiger partial charge in [0, 0.05) is 18.8 Å². The minimum Gasteiger partial charge on any atom is -0.385 e. The number of benzene rings is 2. The highest BCUT2D eigenvalue weighted by Crippen LogP contribution is 2.37. The number of halogens is 3. The summed E-state index contributed by atoms with van der Waals surface area (Å²) < 4.78 is 38.9. The van der Waals surface area contributed by atoms with E-state index in [9.17, 15) is 18.3 Å². The zero-order valence-corrected chi connectivity index (χ0v) is 16.6. The summed E-state index contributed by atoms with van der Waals surface area (Å²) in [4.78, 5) is 1.94. The third kappa shape index (κ3) is 4.47. The van der Waals surface area contributed by atoms with Gasteiger partial charge < -0.3 is 15.3 Å². The smallest absolute Gasteiger partial charge is 0.385 e. The van der Waals surface area contributed by atoms with E-state index in [4.69, 9.17) is 12.2 Å². The summed E-state index contributed by atoms with van der Waals surface area (Å²) in [6.45, 7) is 4.92. The van der Waals surface area contributed by atoms with Gasteiger partial charge >= 0.3 is 6.18 Å². The van der Waals surface area contributed by atoms with Crippen LogP contribution in [0.3, 0.4) is 0 Å². The van der Waals surface area contributed by atoms with Crippen LogP contribution in [-0.2, 0) is 11.8 Å². The van der Waals surface area contributed by atoms with Gasteiger partial charge in [0.1, 0.15) is 0 Å². The Bertz CT molecular complexity index is 874. The average molecular weight is 408 g/mol. The maximum absolute atomic E-state index is 13.0. The maximum Gasteiger partial charge on any atom is 0.416 e. The summed E-state index contributed by atoms with van der Waals surface area (Å²) in [6, 6.07) is 11.0. The summed E-state index contributed by atoms with van der Waals surface area (Å²) in [5.74, 6) is 0. The molecular formula is C21H23F3N2OS. The number of hydrogen-bond donors (Lipinski definition) is 2. The number of alkyl halides is 3. The van der Waals surface area contributed by atoms with Crippen molar-refractivity contribution in [2.24, 2.45) is 0 Å². The largest absolute Gasteiger partial charge is 0.416 e. The summed E-state index contributed by atoms with van der Waals surface area (Å²) in [7, 11) is 0. The number of aryl methyl sites for hydroxylation is 2. The van der Waals surface area contributed by atoms with E-state index in [0.717, 1.165) is 28.9 Å². The molecular weight excluding hydrogens is 385 g/mol. The van der Waals surface area contributed by atoms with E-state index < -0.39 is 17.3 Å². The second-order valence-corrected chi connectivity index (χ2v) is 7.73. The number of hydrogen-bond acceptors (Lipinski definition) is 2. The van der Waals surface area contributed by atoms with Gasteiger partial charge in [-0.05, 0) is 73.8 Å². The van der Waals surface area contributed by atoms with Gasteiger partial charge in [0.05, 0.1) is 11.2 Å². The highest BCUT2D eigenvalue weighted by molar-refractivity contribution is 7.80. The molecule has 3 nitrogen and oxygen atoms in total. The van der Waals surface area contributed by atoms with E-state index in [0.29, 0.717) is 36.6 Å². The van der Waals surface area contributed by atoms with Crippen molar-refractivity contribution in [2.75, 3.05) is 18.4 Å². The van der Waals surface area contributed by atoms with Crippen LogP contribution in [0.5, 0.6) is 0 Å². The Hall–Kier alpha value is -2.12. The summed E-state index contributed by atoms with van der Waals surface area (Å²) in [6.07, 6.45) is -3.81. The molecule has 0 unspecified atom stereocenters. The van der Waals surface area contributed by atoms with Gasteiger partial charge in [-0.15, -0.1) is 0 Å². The predicted octanol–water partition coefficient (Wildman–Crippen LogP) is 5.00. The van der Waals surface area contributed by atoms with Crippen LogP contribution in [0, 0.1) is 13.8 Å². The van der Waals surface area contributed by atoms with Crippen LogP contribution in [0.4, 0.5) is 18.9 Å². The number of likely N-dealkylation sites (tertiary alicyclic amines) is 1. The molecule has 0 aromatic heterocycles. The summed E-state index contributed by atoms with van der Waals surface area (Å²) >= 11 is 5.50. The standard InChI is InChI=1S/C21H23F3N2OS/c1-14-6-7-15(2)18(12-14)25-19(28)26-10-8-20(27,9-11-26)16-4-3-5-17(13-16)21(22,23)24/h3-7,12-13,27H,8-11H2,1-2H3,(H,25,28). The molecule has 0 aliphatic carbocycles. The molecule has 1 aliphatic rings. The zero-order chi connectivity index (χ0) is 20.5. The minimum absolute atomic E-state index is 0.301. The van der Waals surface area contributed by atoms with E-state index in [1.807, 2.05) is 36.9 Å². The molecule has 28 heavy (non-hydrogen) atoms. The quantitative estimate of drug-likeness (QED) is 0.686. The molecule has 7 heteroatoms. The summed E-state index contributed by atoms with van der Waals surface area (Å²) in [5, 5.41) is 14.7. The Kier molecular flexibility index (Phi) is 5.68. The Morgan fingerprint density at radius 1 is 1.11 bits per heavy atom. The molecule has 150 valence electrons. The highest BCUT2D eigenvalue weighted by atomic mass is 32.1. The lowest BCUT2D eigenvalue weighted by atomic mass is 9.84. The Morgan fingerprint density at radius 3 is 2.43 bits per heavy atom. The van der Waals surface area contributed by atoms with Crippen LogP contribution in [0.25, 0.3) is 0 Å². The molecule has 0 saturated carbocycles. The molecule has 1 saturated heterocycles. The van der Waals surface area contributed by atoms with Crippen molar-refractivity contribution in [3.63, 3.8) is 0 Å². The van der Waals surface area contributed by atoms with E-state index in [1.165, 1.54) is 6.07 Å². The third-order valence-electron chi connectivity index (χ3n) is 5.24. The highest BCUT2D eigenvalue weighted by Gasteiger charge is 2.37. The van der Waals surface area contributed by atoms with Gasteiger partial charge in [0.25, 0.3) is 0 Å². The van der Waals surface area contributed by atoms with Gasteiger partial charge in [-0.25, -0.2) is 0 Å². The zero-order valence-electron chi connectivity index (χ0n) is 15.8. The van der Waals surface area contributed by atoms with Gasteiger partial charge in [-0.3, -0.25) is 0 Å². The van der Waals surface area contributed by atoms with Crippen LogP contribution in [0.15, 0.2) is 42.5 Å². The minimum atomic E-state index is -4.43. The lowest BCUT2D eigenvalue weighted by Gasteiger charge is -2.40. The first-order valence-electron chi connectivity index (χ1n) is 9.12. The van der Waals surface area contributed by atoms with Gasteiger partial charge in [0.2, 0.25) is 0 Å². The third-order valence-corrected chi connectivity index (χ3v) is 5.60. The molecule has 2 aromatic rings. The Balaban J connectivity index is 1.68. The fraction of sp³-hybridized carbons (Fsp3) is 0.381. The number of thiocarbonyl (C=S) groups is 1. The molecule has 2 aromatic carbocycles. The molecule has 2 N–H and O–H groups in total. The van der Waals surface area contributed by atoms with Crippen LogP contribution in [0.1, 0.15) is 35.1 Å². The molecule has 0 radical (unpaired) electrons. The second-order valence-electron chi connectivity index (χ2n) is 7.35. The normalized spacial score (nSPS) is 16.7. The average Bonchev–Trinajstić information content (AvgIpc) is 2.64. The van der Waals surface area contributed by atoms with Crippen molar-refractivity contribution in [3.8, 4) is 0 Å². The van der Waals surface area contributed by atoms with Crippen LogP contribution >= 0.6 is 12.2 Å². The SMILES string of the molecule is Cc1ccc(C)c(NC(=S)N2CCC(O)(c3cccc(C(F)(F)F)c3)CC2)c1. The van der Waals surface area contributed by atoms with Crippen molar-refractivity contribution in [2.45, 2.75) is 38.5 Å². The lowest BCUT2D eigenvalue weighted by molar-refractivity contribution is -0.137. The van der Waals surface area contributed by atoms with Gasteiger partial charge in [0.15, 0.2) is 5.11 Å². The number of nitrogens with zero attached hydrogens (tertiary/aromatic N) is 1. The molecule has 1 fully saturated rings. The molecule has 0 spiro atoms. The Labute approximate surface area is 168 Å². The fourth-order valence-electron chi connectivity index (χ4n) is 3.42. The lowest BCUT2D eigenvalue weighted by Crippen LogP contribution is -2.46. The van der Waals surface area contributed by atoms with Crippen molar-refractivity contribution >= 4 is 23.0 Å². The second kappa shape index (κ2) is 7.72. The van der Waals surface area contributed by atoms with Crippen LogP contribution in [-0.4, -0.2) is 28.2 Å². The van der Waals surface area contributed by atoms with E-state index in [-0.39, 0.29) is 0 Å². The molecule has 0 atom stereocenters. The molecule has 1 heterocycles.